The molecular weight excluding hydrogens is 200 g/mol. The molecule has 88 valence electrons. The van der Waals surface area contributed by atoms with Crippen molar-refractivity contribution in [2.24, 2.45) is 0 Å². The summed E-state index contributed by atoms with van der Waals surface area (Å²) in [5.74, 6) is 0.777. The van der Waals surface area contributed by atoms with E-state index in [1.54, 1.807) is 0 Å². The van der Waals surface area contributed by atoms with Gasteiger partial charge >= 0.3 is 0 Å². The Morgan fingerprint density at radius 3 is 2.88 bits per heavy atom. The molecule has 0 saturated heterocycles. The smallest absolute Gasteiger partial charge is 0.213 e. The normalized spacial score (nSPS) is 17.3. The number of nitrogens with zero attached hydrogens (tertiary/aromatic N) is 1. The largest absolute Gasteiger partial charge is 0.474 e. The van der Waals surface area contributed by atoms with Crippen LogP contribution in [-0.4, -0.2) is 18.1 Å². The Hall–Kier alpha value is -1.09. The van der Waals surface area contributed by atoms with E-state index in [-0.39, 0.29) is 0 Å². The molecule has 0 aliphatic heterocycles. The number of pyridine rings is 1. The monoisotopic (exact) mass is 220 g/mol. The first kappa shape index (κ1) is 11.4. The van der Waals surface area contributed by atoms with Crippen LogP contribution in [0.1, 0.15) is 37.8 Å². The van der Waals surface area contributed by atoms with Gasteiger partial charge in [0.15, 0.2) is 0 Å². The molecule has 2 rings (SSSR count). The fourth-order valence-electron chi connectivity index (χ4n) is 2.16. The molecule has 3 nitrogen and oxygen atoms in total. The predicted molar refractivity (Wildman–Crippen MR) is 64.5 cm³/mol. The van der Waals surface area contributed by atoms with Crippen molar-refractivity contribution in [3.63, 3.8) is 0 Å². The third-order valence-electron chi connectivity index (χ3n) is 2.98. The number of rotatable bonds is 4. The van der Waals surface area contributed by atoms with Crippen LogP contribution in [0.15, 0.2) is 18.2 Å². The molecule has 16 heavy (non-hydrogen) atoms. The van der Waals surface area contributed by atoms with E-state index in [0.29, 0.717) is 6.10 Å². The second kappa shape index (κ2) is 5.85. The summed E-state index contributed by atoms with van der Waals surface area (Å²) in [7, 11) is 1.93. The van der Waals surface area contributed by atoms with Crippen molar-refractivity contribution in [3.8, 4) is 5.88 Å². The minimum Gasteiger partial charge on any atom is -0.474 e. The Labute approximate surface area is 97.2 Å². The van der Waals surface area contributed by atoms with Crippen molar-refractivity contribution >= 4 is 0 Å². The van der Waals surface area contributed by atoms with Gasteiger partial charge in [-0.1, -0.05) is 12.5 Å². The highest BCUT2D eigenvalue weighted by molar-refractivity contribution is 5.16. The van der Waals surface area contributed by atoms with Crippen LogP contribution in [0.2, 0.25) is 0 Å². The molecule has 0 atom stereocenters. The summed E-state index contributed by atoms with van der Waals surface area (Å²) in [5, 5.41) is 3.10. The van der Waals surface area contributed by atoms with Gasteiger partial charge in [0.1, 0.15) is 6.10 Å². The Bertz CT molecular complexity index is 321. The van der Waals surface area contributed by atoms with Crippen LogP contribution < -0.4 is 10.1 Å². The van der Waals surface area contributed by atoms with Crippen LogP contribution in [0.3, 0.4) is 0 Å². The lowest BCUT2D eigenvalue weighted by Crippen LogP contribution is -2.20. The van der Waals surface area contributed by atoms with E-state index in [2.05, 4.69) is 10.3 Å². The third kappa shape index (κ3) is 3.20. The van der Waals surface area contributed by atoms with Crippen LogP contribution in [-0.2, 0) is 6.54 Å². The molecule has 1 fully saturated rings. The summed E-state index contributed by atoms with van der Waals surface area (Å²) in [6, 6.07) is 5.98. The first-order valence-electron chi connectivity index (χ1n) is 6.15. The van der Waals surface area contributed by atoms with Gasteiger partial charge in [-0.2, -0.15) is 0 Å². The van der Waals surface area contributed by atoms with Gasteiger partial charge in [-0.3, -0.25) is 0 Å². The van der Waals surface area contributed by atoms with Gasteiger partial charge in [0.05, 0.1) is 5.69 Å². The van der Waals surface area contributed by atoms with E-state index >= 15 is 0 Å². The fraction of sp³-hybridized carbons (Fsp3) is 0.615. The Morgan fingerprint density at radius 1 is 1.31 bits per heavy atom. The lowest BCUT2D eigenvalue weighted by atomic mass is 9.98. The van der Waals surface area contributed by atoms with Gasteiger partial charge in [0.25, 0.3) is 0 Å². The van der Waals surface area contributed by atoms with Gasteiger partial charge in [-0.25, -0.2) is 4.98 Å². The van der Waals surface area contributed by atoms with Crippen molar-refractivity contribution in [1.29, 1.82) is 0 Å². The van der Waals surface area contributed by atoms with Crippen molar-refractivity contribution in [2.45, 2.75) is 44.8 Å². The average molecular weight is 220 g/mol. The molecule has 1 saturated carbocycles. The first-order valence-corrected chi connectivity index (χ1v) is 6.15. The molecule has 0 amide bonds. The average Bonchev–Trinajstić information content (AvgIpc) is 2.31. The van der Waals surface area contributed by atoms with Gasteiger partial charge < -0.3 is 10.1 Å². The summed E-state index contributed by atoms with van der Waals surface area (Å²) >= 11 is 0. The fourth-order valence-corrected chi connectivity index (χ4v) is 2.16. The van der Waals surface area contributed by atoms with Gasteiger partial charge in [-0.15, -0.1) is 0 Å². The molecule has 0 spiro atoms. The molecule has 1 aromatic heterocycles. The van der Waals surface area contributed by atoms with E-state index in [1.165, 1.54) is 32.1 Å². The molecule has 0 aromatic carbocycles. The van der Waals surface area contributed by atoms with Crippen LogP contribution in [0, 0.1) is 0 Å². The maximum Gasteiger partial charge on any atom is 0.213 e. The topological polar surface area (TPSA) is 34.1 Å². The molecule has 1 aromatic rings. The molecule has 0 bridgehead atoms. The van der Waals surface area contributed by atoms with E-state index in [1.807, 2.05) is 25.2 Å². The first-order chi connectivity index (χ1) is 7.88. The highest BCUT2D eigenvalue weighted by atomic mass is 16.5. The minimum absolute atomic E-state index is 0.381. The number of aromatic nitrogens is 1. The molecule has 1 N–H and O–H groups in total. The number of hydrogen-bond donors (Lipinski definition) is 1. The molecule has 1 aliphatic carbocycles. The van der Waals surface area contributed by atoms with E-state index in [9.17, 15) is 0 Å². The van der Waals surface area contributed by atoms with Crippen molar-refractivity contribution < 1.29 is 4.74 Å². The summed E-state index contributed by atoms with van der Waals surface area (Å²) in [5.41, 5.74) is 1.04. The van der Waals surface area contributed by atoms with E-state index in [4.69, 9.17) is 4.74 Å². The maximum atomic E-state index is 5.90. The standard InChI is InChI=1S/C13H20N2O/c1-14-10-11-6-5-9-13(15-11)16-12-7-3-2-4-8-12/h5-6,9,12,14H,2-4,7-8,10H2,1H3. The minimum atomic E-state index is 0.381. The Balaban J connectivity index is 1.94. The van der Waals surface area contributed by atoms with Crippen LogP contribution in [0.5, 0.6) is 5.88 Å². The van der Waals surface area contributed by atoms with Gasteiger partial charge in [0.2, 0.25) is 5.88 Å². The van der Waals surface area contributed by atoms with Crippen LogP contribution >= 0.6 is 0 Å². The summed E-state index contributed by atoms with van der Waals surface area (Å²) in [6.45, 7) is 0.794. The van der Waals surface area contributed by atoms with Crippen LogP contribution in [0.4, 0.5) is 0 Å². The lowest BCUT2D eigenvalue weighted by molar-refractivity contribution is 0.148. The van der Waals surface area contributed by atoms with E-state index in [0.717, 1.165) is 18.1 Å². The molecular formula is C13H20N2O. The lowest BCUT2D eigenvalue weighted by Gasteiger charge is -2.22. The second-order valence-electron chi connectivity index (χ2n) is 4.38. The van der Waals surface area contributed by atoms with Gasteiger partial charge in [-0.05, 0) is 38.8 Å². The second-order valence-corrected chi connectivity index (χ2v) is 4.38. The SMILES string of the molecule is CNCc1cccc(OC2CCCCC2)n1. The van der Waals surface area contributed by atoms with Crippen LogP contribution in [0.25, 0.3) is 0 Å². The third-order valence-corrected chi connectivity index (χ3v) is 2.98. The predicted octanol–water partition coefficient (Wildman–Crippen LogP) is 2.51. The quantitative estimate of drug-likeness (QED) is 0.846. The zero-order valence-corrected chi connectivity index (χ0v) is 9.91. The molecule has 1 aliphatic rings. The van der Waals surface area contributed by atoms with Gasteiger partial charge in [0, 0.05) is 12.6 Å². The number of hydrogen-bond acceptors (Lipinski definition) is 3. The molecule has 3 heteroatoms. The Morgan fingerprint density at radius 2 is 2.12 bits per heavy atom. The molecule has 1 heterocycles. The van der Waals surface area contributed by atoms with Crippen molar-refractivity contribution in [1.82, 2.24) is 10.3 Å². The van der Waals surface area contributed by atoms with Crippen molar-refractivity contribution in [3.05, 3.63) is 23.9 Å². The summed E-state index contributed by atoms with van der Waals surface area (Å²) < 4.78 is 5.90. The zero-order valence-electron chi connectivity index (χ0n) is 9.91. The summed E-state index contributed by atoms with van der Waals surface area (Å²) in [4.78, 5) is 4.47. The van der Waals surface area contributed by atoms with Crippen molar-refractivity contribution in [2.75, 3.05) is 7.05 Å². The summed E-state index contributed by atoms with van der Waals surface area (Å²) in [6.07, 6.45) is 6.68. The maximum absolute atomic E-state index is 5.90. The molecule has 0 radical (unpaired) electrons. The highest BCUT2D eigenvalue weighted by Gasteiger charge is 2.15. The zero-order chi connectivity index (χ0) is 11.2. The molecule has 0 unspecified atom stereocenters. The van der Waals surface area contributed by atoms with E-state index < -0.39 is 0 Å². The Kier molecular flexibility index (Phi) is 4.17. The number of nitrogens with one attached hydrogen (secondary N) is 1. The number of ether oxygens (including phenoxy) is 1. The highest BCUT2D eigenvalue weighted by Crippen LogP contribution is 2.22.